The van der Waals surface area contributed by atoms with Gasteiger partial charge in [-0.15, -0.1) is 0 Å². The first-order valence-electron chi connectivity index (χ1n) is 10.4. The first-order chi connectivity index (χ1) is 16.5. The van der Waals surface area contributed by atoms with Crippen LogP contribution in [0.4, 0.5) is 10.1 Å². The van der Waals surface area contributed by atoms with E-state index in [1.54, 1.807) is 60.7 Å². The van der Waals surface area contributed by atoms with Gasteiger partial charge in [-0.25, -0.2) is 4.39 Å². The van der Waals surface area contributed by atoms with Crippen LogP contribution in [0.2, 0.25) is 0 Å². The number of halogens is 1. The van der Waals surface area contributed by atoms with Crippen molar-refractivity contribution in [2.45, 2.75) is 6.54 Å². The van der Waals surface area contributed by atoms with Gasteiger partial charge in [0.15, 0.2) is 12.4 Å². The van der Waals surface area contributed by atoms with E-state index in [2.05, 4.69) is 10.6 Å². The van der Waals surface area contributed by atoms with Gasteiger partial charge in [-0.2, -0.15) is 0 Å². The molecule has 4 aromatic rings. The van der Waals surface area contributed by atoms with Crippen molar-refractivity contribution >= 4 is 17.5 Å². The van der Waals surface area contributed by atoms with Gasteiger partial charge in [-0.05, 0) is 66.2 Å². The fraction of sp³-hybridized carbons (Fsp3) is 0.0769. The minimum Gasteiger partial charge on any atom is -0.484 e. The molecule has 2 N–H and O–H groups in total. The maximum atomic E-state index is 13.0. The quantitative estimate of drug-likeness (QED) is 0.360. The van der Waals surface area contributed by atoms with Gasteiger partial charge in [0.05, 0.1) is 6.26 Å². The number of carbonyl (C=O) groups excluding carboxylic acids is 2. The topological polar surface area (TPSA) is 89.8 Å². The fourth-order valence-corrected chi connectivity index (χ4v) is 2.98. The van der Waals surface area contributed by atoms with E-state index in [1.807, 2.05) is 12.1 Å². The molecule has 0 bridgehead atoms. The average Bonchev–Trinajstić information content (AvgIpc) is 3.39. The molecule has 1 heterocycles. The van der Waals surface area contributed by atoms with E-state index in [0.717, 1.165) is 5.56 Å². The van der Waals surface area contributed by atoms with E-state index in [1.165, 1.54) is 18.4 Å². The Hall–Kier alpha value is -4.59. The van der Waals surface area contributed by atoms with Gasteiger partial charge in [-0.3, -0.25) is 9.59 Å². The summed E-state index contributed by atoms with van der Waals surface area (Å²) in [7, 11) is 0. The Morgan fingerprint density at radius 1 is 0.853 bits per heavy atom. The van der Waals surface area contributed by atoms with Crippen LogP contribution in [0.3, 0.4) is 0 Å². The summed E-state index contributed by atoms with van der Waals surface area (Å²) in [4.78, 5) is 24.2. The highest BCUT2D eigenvalue weighted by Crippen LogP contribution is 2.22. The molecule has 34 heavy (non-hydrogen) atoms. The Morgan fingerprint density at radius 3 is 2.29 bits per heavy atom. The summed E-state index contributed by atoms with van der Waals surface area (Å²) in [6, 6.07) is 22.8. The maximum absolute atomic E-state index is 13.0. The predicted octanol–water partition coefficient (Wildman–Crippen LogP) is 5.16. The minimum atomic E-state index is -0.381. The highest BCUT2D eigenvalue weighted by molar-refractivity contribution is 6.02. The van der Waals surface area contributed by atoms with Gasteiger partial charge in [0.25, 0.3) is 11.8 Å². The van der Waals surface area contributed by atoms with E-state index in [0.29, 0.717) is 29.5 Å². The second kappa shape index (κ2) is 10.8. The summed E-state index contributed by atoms with van der Waals surface area (Å²) in [5, 5.41) is 5.48. The summed E-state index contributed by atoms with van der Waals surface area (Å²) < 4.78 is 29.2. The van der Waals surface area contributed by atoms with Crippen molar-refractivity contribution in [3.05, 3.63) is 108 Å². The number of carbonyl (C=O) groups is 2. The highest BCUT2D eigenvalue weighted by Gasteiger charge is 2.10. The molecule has 0 saturated heterocycles. The first kappa shape index (κ1) is 22.6. The molecular weight excluding hydrogens is 439 g/mol. The van der Waals surface area contributed by atoms with Gasteiger partial charge >= 0.3 is 0 Å². The van der Waals surface area contributed by atoms with Crippen molar-refractivity contribution in [1.82, 2.24) is 5.32 Å². The van der Waals surface area contributed by atoms with E-state index < -0.39 is 0 Å². The van der Waals surface area contributed by atoms with E-state index in [4.69, 9.17) is 13.9 Å². The first-order valence-corrected chi connectivity index (χ1v) is 10.4. The zero-order valence-corrected chi connectivity index (χ0v) is 18.0. The van der Waals surface area contributed by atoms with Crippen LogP contribution < -0.4 is 20.1 Å². The van der Waals surface area contributed by atoms with Crippen molar-refractivity contribution in [2.24, 2.45) is 0 Å². The van der Waals surface area contributed by atoms with E-state index in [-0.39, 0.29) is 30.0 Å². The normalized spacial score (nSPS) is 10.4. The molecule has 3 aromatic carbocycles. The average molecular weight is 460 g/mol. The molecule has 0 spiro atoms. The molecule has 0 aliphatic heterocycles. The molecule has 8 heteroatoms. The highest BCUT2D eigenvalue weighted by atomic mass is 19.1. The third-order valence-electron chi connectivity index (χ3n) is 4.67. The lowest BCUT2D eigenvalue weighted by molar-refractivity contribution is -0.123. The number of amides is 2. The van der Waals surface area contributed by atoms with Gasteiger partial charge in [0.1, 0.15) is 23.1 Å². The molecule has 0 radical (unpaired) electrons. The number of nitrogens with one attached hydrogen (secondary N) is 2. The molecule has 0 atom stereocenters. The van der Waals surface area contributed by atoms with Crippen LogP contribution in [0.25, 0.3) is 0 Å². The SMILES string of the molecule is O=C(COc1cccc(NC(=O)c2ccco2)c1)NCc1ccc(Oc2ccc(F)cc2)cc1. The van der Waals surface area contributed by atoms with Crippen molar-refractivity contribution in [3.63, 3.8) is 0 Å². The molecule has 1 aromatic heterocycles. The molecule has 0 fully saturated rings. The summed E-state index contributed by atoms with van der Waals surface area (Å²) in [6.07, 6.45) is 1.42. The maximum Gasteiger partial charge on any atom is 0.291 e. The molecule has 2 amide bonds. The van der Waals surface area contributed by atoms with Crippen molar-refractivity contribution < 1.29 is 27.9 Å². The monoisotopic (exact) mass is 460 g/mol. The summed E-state index contributed by atoms with van der Waals surface area (Å²) >= 11 is 0. The lowest BCUT2D eigenvalue weighted by Gasteiger charge is -2.10. The largest absolute Gasteiger partial charge is 0.484 e. The molecule has 0 saturated carbocycles. The van der Waals surface area contributed by atoms with Crippen LogP contribution in [0, 0.1) is 5.82 Å². The molecular formula is C26H21FN2O5. The number of ether oxygens (including phenoxy) is 2. The minimum absolute atomic E-state index is 0.179. The number of benzene rings is 3. The summed E-state index contributed by atoms with van der Waals surface area (Å²) in [6.45, 7) is 0.139. The second-order valence-corrected chi connectivity index (χ2v) is 7.22. The van der Waals surface area contributed by atoms with Crippen molar-refractivity contribution in [1.29, 1.82) is 0 Å². The summed E-state index contributed by atoms with van der Waals surface area (Å²) in [5.41, 5.74) is 1.39. The number of furan rings is 1. The Kier molecular flexibility index (Phi) is 7.19. The van der Waals surface area contributed by atoms with Gasteiger partial charge in [0, 0.05) is 18.3 Å². The van der Waals surface area contributed by atoms with Gasteiger partial charge < -0.3 is 24.5 Å². The zero-order chi connectivity index (χ0) is 23.8. The molecule has 4 rings (SSSR count). The molecule has 0 aliphatic rings. The number of anilines is 1. The summed E-state index contributed by atoms with van der Waals surface area (Å²) in [5.74, 6) is 0.765. The lowest BCUT2D eigenvalue weighted by atomic mass is 10.2. The van der Waals surface area contributed by atoms with Crippen molar-refractivity contribution in [3.8, 4) is 17.2 Å². The van der Waals surface area contributed by atoms with Crippen LogP contribution in [-0.2, 0) is 11.3 Å². The molecule has 172 valence electrons. The number of rotatable bonds is 9. The number of hydrogen-bond donors (Lipinski definition) is 2. The van der Waals surface area contributed by atoms with Crippen LogP contribution in [0.1, 0.15) is 16.1 Å². The number of hydrogen-bond acceptors (Lipinski definition) is 5. The Bertz CT molecular complexity index is 1240. The molecule has 0 unspecified atom stereocenters. The fourth-order valence-electron chi connectivity index (χ4n) is 2.98. The van der Waals surface area contributed by atoms with Crippen LogP contribution in [0.15, 0.2) is 95.6 Å². The van der Waals surface area contributed by atoms with E-state index >= 15 is 0 Å². The lowest BCUT2D eigenvalue weighted by Crippen LogP contribution is -2.28. The predicted molar refractivity (Wildman–Crippen MR) is 123 cm³/mol. The Morgan fingerprint density at radius 2 is 1.59 bits per heavy atom. The second-order valence-electron chi connectivity index (χ2n) is 7.22. The van der Waals surface area contributed by atoms with Crippen LogP contribution in [0.5, 0.6) is 17.2 Å². The molecule has 0 aliphatic carbocycles. The third kappa shape index (κ3) is 6.46. The Labute approximate surface area is 195 Å². The Balaban J connectivity index is 1.22. The van der Waals surface area contributed by atoms with Crippen LogP contribution in [-0.4, -0.2) is 18.4 Å². The van der Waals surface area contributed by atoms with E-state index in [9.17, 15) is 14.0 Å². The zero-order valence-electron chi connectivity index (χ0n) is 18.0. The van der Waals surface area contributed by atoms with Gasteiger partial charge in [0.2, 0.25) is 0 Å². The standard InChI is InChI=1S/C26H21FN2O5/c27-19-8-12-22(13-9-19)34-21-10-6-18(7-11-21)16-28-25(30)17-33-23-4-1-3-20(15-23)29-26(31)24-5-2-14-32-24/h1-15H,16-17H2,(H,28,30)(H,29,31). The van der Waals surface area contributed by atoms with Crippen LogP contribution >= 0.6 is 0 Å². The third-order valence-corrected chi connectivity index (χ3v) is 4.67. The van der Waals surface area contributed by atoms with Gasteiger partial charge in [-0.1, -0.05) is 18.2 Å². The molecule has 7 nitrogen and oxygen atoms in total. The van der Waals surface area contributed by atoms with Crippen molar-refractivity contribution in [2.75, 3.05) is 11.9 Å². The smallest absolute Gasteiger partial charge is 0.291 e.